The maximum Gasteiger partial charge on any atom is 0.250 e. The molecule has 0 fully saturated rings. The maximum atomic E-state index is 12.0. The first-order chi connectivity index (χ1) is 9.18. The van der Waals surface area contributed by atoms with Gasteiger partial charge in [-0.25, -0.2) is 0 Å². The number of hydrogen-bond donors (Lipinski definition) is 1. The molecule has 1 heterocycles. The molecule has 2 aromatic rings. The van der Waals surface area contributed by atoms with Crippen LogP contribution in [0.25, 0.3) is 6.08 Å². The van der Waals surface area contributed by atoms with Crippen LogP contribution in [0.3, 0.4) is 0 Å². The van der Waals surface area contributed by atoms with Crippen molar-refractivity contribution in [3.63, 3.8) is 0 Å². The largest absolute Gasteiger partial charge is 0.507 e. The van der Waals surface area contributed by atoms with Crippen molar-refractivity contribution < 1.29 is 9.90 Å². The molecule has 0 spiro atoms. The molecule has 96 valence electrons. The number of para-hydroxylation sites is 1. The first-order valence-corrected chi connectivity index (χ1v) is 5.82. The van der Waals surface area contributed by atoms with Gasteiger partial charge in [0.2, 0.25) is 0 Å². The van der Waals surface area contributed by atoms with Crippen molar-refractivity contribution in [2.24, 2.45) is 0 Å². The van der Waals surface area contributed by atoms with E-state index in [9.17, 15) is 9.90 Å². The van der Waals surface area contributed by atoms with Crippen LogP contribution in [0, 0.1) is 0 Å². The van der Waals surface area contributed by atoms with E-state index in [1.807, 2.05) is 0 Å². The lowest BCUT2D eigenvalue weighted by atomic mass is 10.2. The molecule has 1 N–H and O–H groups in total. The Bertz CT molecular complexity index is 594. The van der Waals surface area contributed by atoms with Gasteiger partial charge in [0.25, 0.3) is 5.91 Å². The monoisotopic (exact) mass is 254 g/mol. The molecule has 0 aliphatic heterocycles. The zero-order chi connectivity index (χ0) is 13.7. The summed E-state index contributed by atoms with van der Waals surface area (Å²) in [5.74, 6) is -0.0208. The Balaban J connectivity index is 2.12. The summed E-state index contributed by atoms with van der Waals surface area (Å²) in [5.41, 5.74) is 1.38. The van der Waals surface area contributed by atoms with Gasteiger partial charge >= 0.3 is 0 Å². The lowest BCUT2D eigenvalue weighted by Gasteiger charge is -2.14. The van der Waals surface area contributed by atoms with Gasteiger partial charge in [0.15, 0.2) is 0 Å². The van der Waals surface area contributed by atoms with E-state index in [1.54, 1.807) is 61.9 Å². The Morgan fingerprint density at radius 1 is 1.21 bits per heavy atom. The van der Waals surface area contributed by atoms with Crippen LogP contribution in [-0.4, -0.2) is 23.0 Å². The molecule has 4 nitrogen and oxygen atoms in total. The van der Waals surface area contributed by atoms with Crippen LogP contribution in [0.4, 0.5) is 5.69 Å². The molecular weight excluding hydrogens is 240 g/mol. The Kier molecular flexibility index (Phi) is 3.93. The number of rotatable bonds is 3. The molecule has 0 saturated heterocycles. The lowest BCUT2D eigenvalue weighted by Crippen LogP contribution is -2.23. The minimum atomic E-state index is -0.172. The van der Waals surface area contributed by atoms with Crippen LogP contribution < -0.4 is 4.90 Å². The van der Waals surface area contributed by atoms with Crippen LogP contribution in [-0.2, 0) is 4.79 Å². The van der Waals surface area contributed by atoms with Crippen molar-refractivity contribution in [2.45, 2.75) is 0 Å². The number of benzene rings is 1. The quantitative estimate of drug-likeness (QED) is 0.856. The molecule has 4 heteroatoms. The van der Waals surface area contributed by atoms with Gasteiger partial charge in [0.1, 0.15) is 5.75 Å². The number of carbonyl (C=O) groups excluding carboxylic acids is 1. The third-order valence-corrected chi connectivity index (χ3v) is 2.72. The molecule has 1 aromatic heterocycles. The van der Waals surface area contributed by atoms with Crippen LogP contribution in [0.2, 0.25) is 0 Å². The first-order valence-electron chi connectivity index (χ1n) is 5.82. The number of phenols is 1. The molecule has 1 amide bonds. The Labute approximate surface area is 111 Å². The Hall–Kier alpha value is -2.62. The van der Waals surface area contributed by atoms with E-state index < -0.39 is 0 Å². The van der Waals surface area contributed by atoms with Gasteiger partial charge < -0.3 is 10.0 Å². The van der Waals surface area contributed by atoms with Crippen molar-refractivity contribution in [1.82, 2.24) is 4.98 Å². The van der Waals surface area contributed by atoms with Gasteiger partial charge in [-0.15, -0.1) is 0 Å². The van der Waals surface area contributed by atoms with Crippen molar-refractivity contribution in [3.8, 4) is 5.75 Å². The van der Waals surface area contributed by atoms with E-state index in [1.165, 1.54) is 11.0 Å². The number of amides is 1. The van der Waals surface area contributed by atoms with E-state index in [0.29, 0.717) is 5.56 Å². The SMILES string of the molecule is CN(C(=O)/C=C/c1ccccc1O)c1ccncc1. The fourth-order valence-corrected chi connectivity index (χ4v) is 1.60. The predicted octanol–water partition coefficient (Wildman–Crippen LogP) is 2.46. The summed E-state index contributed by atoms with van der Waals surface area (Å²) in [6.07, 6.45) is 6.28. The van der Waals surface area contributed by atoms with Crippen LogP contribution in [0.1, 0.15) is 5.56 Å². The normalized spacial score (nSPS) is 10.6. The highest BCUT2D eigenvalue weighted by Crippen LogP contribution is 2.17. The lowest BCUT2D eigenvalue weighted by molar-refractivity contribution is -0.113. The molecule has 19 heavy (non-hydrogen) atoms. The summed E-state index contributed by atoms with van der Waals surface area (Å²) in [4.78, 5) is 17.4. The fraction of sp³-hybridized carbons (Fsp3) is 0.0667. The third kappa shape index (κ3) is 3.19. The molecule has 0 aliphatic carbocycles. The van der Waals surface area contributed by atoms with E-state index >= 15 is 0 Å². The zero-order valence-electron chi connectivity index (χ0n) is 10.5. The summed E-state index contributed by atoms with van der Waals surface area (Å²) in [7, 11) is 1.69. The van der Waals surface area contributed by atoms with Crippen molar-refractivity contribution >= 4 is 17.7 Å². The van der Waals surface area contributed by atoms with E-state index in [4.69, 9.17) is 0 Å². The van der Waals surface area contributed by atoms with Crippen molar-refractivity contribution in [2.75, 3.05) is 11.9 Å². The van der Waals surface area contributed by atoms with E-state index in [0.717, 1.165) is 5.69 Å². The maximum absolute atomic E-state index is 12.0. The number of carbonyl (C=O) groups is 1. The topological polar surface area (TPSA) is 53.4 Å². The van der Waals surface area contributed by atoms with Gasteiger partial charge in [0, 0.05) is 36.8 Å². The summed E-state index contributed by atoms with van der Waals surface area (Å²) >= 11 is 0. The highest BCUT2D eigenvalue weighted by Gasteiger charge is 2.07. The highest BCUT2D eigenvalue weighted by atomic mass is 16.3. The molecule has 0 radical (unpaired) electrons. The number of aromatic hydroxyl groups is 1. The summed E-state index contributed by atoms with van der Waals surface area (Å²) in [6, 6.07) is 10.4. The van der Waals surface area contributed by atoms with Gasteiger partial charge in [-0.3, -0.25) is 9.78 Å². The van der Waals surface area contributed by atoms with Crippen molar-refractivity contribution in [3.05, 3.63) is 60.4 Å². The second-order valence-electron chi connectivity index (χ2n) is 3.99. The Morgan fingerprint density at radius 2 is 1.89 bits per heavy atom. The smallest absolute Gasteiger partial charge is 0.250 e. The third-order valence-electron chi connectivity index (χ3n) is 2.72. The number of anilines is 1. The van der Waals surface area contributed by atoms with Crippen molar-refractivity contribution in [1.29, 1.82) is 0 Å². The second-order valence-corrected chi connectivity index (χ2v) is 3.99. The Morgan fingerprint density at radius 3 is 2.58 bits per heavy atom. The average molecular weight is 254 g/mol. The number of phenolic OH excluding ortho intramolecular Hbond substituents is 1. The molecule has 2 rings (SSSR count). The second kappa shape index (κ2) is 5.82. The molecule has 1 aromatic carbocycles. The van der Waals surface area contributed by atoms with E-state index in [-0.39, 0.29) is 11.7 Å². The fourth-order valence-electron chi connectivity index (χ4n) is 1.60. The van der Waals surface area contributed by atoms with Gasteiger partial charge in [-0.2, -0.15) is 0 Å². The van der Waals surface area contributed by atoms with Crippen LogP contribution in [0.5, 0.6) is 5.75 Å². The average Bonchev–Trinajstić information content (AvgIpc) is 2.46. The minimum absolute atomic E-state index is 0.151. The number of aromatic nitrogens is 1. The molecule has 0 aliphatic rings. The zero-order valence-corrected chi connectivity index (χ0v) is 10.5. The van der Waals surface area contributed by atoms with Crippen LogP contribution >= 0.6 is 0 Å². The minimum Gasteiger partial charge on any atom is -0.507 e. The predicted molar refractivity (Wildman–Crippen MR) is 74.8 cm³/mol. The summed E-state index contributed by atoms with van der Waals surface area (Å²) in [5, 5.41) is 9.59. The summed E-state index contributed by atoms with van der Waals surface area (Å²) < 4.78 is 0. The van der Waals surface area contributed by atoms with E-state index in [2.05, 4.69) is 4.98 Å². The molecule has 0 bridgehead atoms. The van der Waals surface area contributed by atoms with Gasteiger partial charge in [-0.1, -0.05) is 18.2 Å². The molecule has 0 atom stereocenters. The summed E-state index contributed by atoms with van der Waals surface area (Å²) in [6.45, 7) is 0. The standard InChI is InChI=1S/C15H14N2O2/c1-17(13-8-10-16-11-9-13)15(19)7-6-12-4-2-3-5-14(12)18/h2-11,18H,1H3/b7-6+. The van der Waals surface area contributed by atoms with Crippen LogP contribution in [0.15, 0.2) is 54.9 Å². The number of hydrogen-bond acceptors (Lipinski definition) is 3. The number of nitrogens with zero attached hydrogens (tertiary/aromatic N) is 2. The van der Waals surface area contributed by atoms with Gasteiger partial charge in [0.05, 0.1) is 0 Å². The molecule has 0 unspecified atom stereocenters. The number of pyridine rings is 1. The molecule has 0 saturated carbocycles. The number of likely N-dealkylation sites (N-methyl/N-ethyl adjacent to an activating group) is 1. The first kappa shape index (κ1) is 12.8. The highest BCUT2D eigenvalue weighted by molar-refractivity contribution is 6.03. The van der Waals surface area contributed by atoms with Gasteiger partial charge in [-0.05, 0) is 24.3 Å². The molecular formula is C15H14N2O2.